The van der Waals surface area contributed by atoms with Gasteiger partial charge in [0.1, 0.15) is 17.3 Å². The van der Waals surface area contributed by atoms with Gasteiger partial charge in [-0.15, -0.1) is 0 Å². The van der Waals surface area contributed by atoms with E-state index in [9.17, 15) is 9.50 Å². The molecule has 1 unspecified atom stereocenters. The van der Waals surface area contributed by atoms with Crippen molar-refractivity contribution in [3.8, 4) is 11.3 Å². The molecule has 1 heterocycles. The summed E-state index contributed by atoms with van der Waals surface area (Å²) in [4.78, 5) is 2.09. The number of hydrogen-bond acceptors (Lipinski definition) is 3. The van der Waals surface area contributed by atoms with Gasteiger partial charge in [0.05, 0.1) is 12.6 Å². The summed E-state index contributed by atoms with van der Waals surface area (Å²) in [7, 11) is 1.98. The van der Waals surface area contributed by atoms with Crippen LogP contribution in [0.1, 0.15) is 24.7 Å². The topological polar surface area (TPSA) is 36.6 Å². The van der Waals surface area contributed by atoms with Gasteiger partial charge >= 0.3 is 0 Å². The Kier molecular flexibility index (Phi) is 5.15. The molecule has 1 N–H and O–H groups in total. The molecule has 0 aliphatic heterocycles. The zero-order valence-corrected chi connectivity index (χ0v) is 12.8. The smallest absolute Gasteiger partial charge is 0.134 e. The number of aliphatic hydroxyl groups excluding tert-OH is 1. The van der Waals surface area contributed by atoms with Crippen LogP contribution in [0, 0.1) is 12.7 Å². The fourth-order valence-corrected chi connectivity index (χ4v) is 2.23. The van der Waals surface area contributed by atoms with Gasteiger partial charge in [0.25, 0.3) is 0 Å². The van der Waals surface area contributed by atoms with E-state index in [1.165, 1.54) is 6.07 Å². The minimum atomic E-state index is -0.297. The maximum Gasteiger partial charge on any atom is 0.134 e. The lowest BCUT2D eigenvalue weighted by molar-refractivity contribution is 0.160. The number of aliphatic hydroxyl groups is 1. The van der Waals surface area contributed by atoms with Crippen molar-refractivity contribution in [3.63, 3.8) is 0 Å². The van der Waals surface area contributed by atoms with Gasteiger partial charge in [0, 0.05) is 12.1 Å². The molecule has 3 nitrogen and oxygen atoms in total. The lowest BCUT2D eigenvalue weighted by Gasteiger charge is -2.15. The van der Waals surface area contributed by atoms with Crippen LogP contribution in [0.4, 0.5) is 4.39 Å². The Hall–Kier alpha value is -1.65. The zero-order valence-electron chi connectivity index (χ0n) is 12.8. The molecule has 2 rings (SSSR count). The predicted molar refractivity (Wildman–Crippen MR) is 81.5 cm³/mol. The molecule has 0 bridgehead atoms. The molecule has 0 spiro atoms. The molecule has 114 valence electrons. The molecule has 4 heteroatoms. The van der Waals surface area contributed by atoms with Gasteiger partial charge in [-0.1, -0.05) is 12.1 Å². The SMILES string of the molecule is Cc1c(F)cccc1-c1ccc(CN(C)CCC(C)O)o1. The minimum Gasteiger partial charge on any atom is -0.460 e. The molecule has 0 aliphatic carbocycles. The Morgan fingerprint density at radius 1 is 1.29 bits per heavy atom. The van der Waals surface area contributed by atoms with E-state index < -0.39 is 0 Å². The van der Waals surface area contributed by atoms with E-state index in [0.717, 1.165) is 24.3 Å². The van der Waals surface area contributed by atoms with Crippen molar-refractivity contribution in [2.24, 2.45) is 0 Å². The first kappa shape index (κ1) is 15.7. The summed E-state index contributed by atoms with van der Waals surface area (Å²) in [5, 5.41) is 9.29. The van der Waals surface area contributed by atoms with Crippen molar-refractivity contribution < 1.29 is 13.9 Å². The van der Waals surface area contributed by atoms with E-state index in [-0.39, 0.29) is 11.9 Å². The predicted octanol–water partition coefficient (Wildman–Crippen LogP) is 3.60. The number of nitrogens with zero attached hydrogens (tertiary/aromatic N) is 1. The zero-order chi connectivity index (χ0) is 15.4. The average molecular weight is 291 g/mol. The summed E-state index contributed by atoms with van der Waals surface area (Å²) >= 11 is 0. The van der Waals surface area contributed by atoms with Gasteiger partial charge in [0.15, 0.2) is 0 Å². The lowest BCUT2D eigenvalue weighted by atomic mass is 10.1. The Balaban J connectivity index is 2.06. The Labute approximate surface area is 125 Å². The maximum absolute atomic E-state index is 13.6. The van der Waals surface area contributed by atoms with Gasteiger partial charge in [-0.2, -0.15) is 0 Å². The van der Waals surface area contributed by atoms with Gasteiger partial charge in [-0.3, -0.25) is 4.90 Å². The van der Waals surface area contributed by atoms with Gasteiger partial charge in [-0.05, 0) is 51.1 Å². The summed E-state index contributed by atoms with van der Waals surface area (Å²) in [5.74, 6) is 1.30. The van der Waals surface area contributed by atoms with E-state index in [1.807, 2.05) is 25.2 Å². The Morgan fingerprint density at radius 3 is 2.76 bits per heavy atom. The number of rotatable bonds is 6. The van der Waals surface area contributed by atoms with E-state index in [2.05, 4.69) is 4.90 Å². The summed E-state index contributed by atoms with van der Waals surface area (Å²) < 4.78 is 19.4. The summed E-state index contributed by atoms with van der Waals surface area (Å²) in [5.41, 5.74) is 1.38. The largest absolute Gasteiger partial charge is 0.460 e. The lowest BCUT2D eigenvalue weighted by Crippen LogP contribution is -2.21. The van der Waals surface area contributed by atoms with Crippen molar-refractivity contribution in [2.45, 2.75) is 32.9 Å². The van der Waals surface area contributed by atoms with Crippen LogP contribution < -0.4 is 0 Å². The molecule has 1 atom stereocenters. The van der Waals surface area contributed by atoms with Gasteiger partial charge in [-0.25, -0.2) is 4.39 Å². The molecular formula is C17H22FNO2. The quantitative estimate of drug-likeness (QED) is 0.883. The van der Waals surface area contributed by atoms with Gasteiger partial charge < -0.3 is 9.52 Å². The fourth-order valence-electron chi connectivity index (χ4n) is 2.23. The molecule has 1 aromatic heterocycles. The second-order valence-corrected chi connectivity index (χ2v) is 5.55. The summed E-state index contributed by atoms with van der Waals surface area (Å²) in [6.07, 6.45) is 0.433. The number of hydrogen-bond donors (Lipinski definition) is 1. The van der Waals surface area contributed by atoms with E-state index in [4.69, 9.17) is 4.42 Å². The summed E-state index contributed by atoms with van der Waals surface area (Å²) in [6.45, 7) is 5.00. The molecule has 1 aromatic carbocycles. The van der Waals surface area contributed by atoms with Crippen molar-refractivity contribution in [3.05, 3.63) is 47.5 Å². The van der Waals surface area contributed by atoms with Crippen molar-refractivity contribution >= 4 is 0 Å². The normalized spacial score (nSPS) is 12.9. The van der Waals surface area contributed by atoms with E-state index in [1.54, 1.807) is 19.9 Å². The van der Waals surface area contributed by atoms with Crippen molar-refractivity contribution in [1.29, 1.82) is 0 Å². The third-order valence-electron chi connectivity index (χ3n) is 3.55. The Bertz CT molecular complexity index is 592. The average Bonchev–Trinajstić information content (AvgIpc) is 2.88. The van der Waals surface area contributed by atoms with E-state index in [0.29, 0.717) is 17.9 Å². The molecule has 2 aromatic rings. The molecule has 21 heavy (non-hydrogen) atoms. The second kappa shape index (κ2) is 6.87. The summed E-state index contributed by atoms with van der Waals surface area (Å²) in [6, 6.07) is 8.79. The van der Waals surface area contributed by atoms with Crippen molar-refractivity contribution in [1.82, 2.24) is 4.90 Å². The van der Waals surface area contributed by atoms with Crippen LogP contribution in [-0.4, -0.2) is 29.7 Å². The second-order valence-electron chi connectivity index (χ2n) is 5.55. The third-order valence-corrected chi connectivity index (χ3v) is 3.55. The monoisotopic (exact) mass is 291 g/mol. The number of benzene rings is 1. The maximum atomic E-state index is 13.6. The molecule has 0 saturated carbocycles. The Morgan fingerprint density at radius 2 is 2.05 bits per heavy atom. The first-order valence-electron chi connectivity index (χ1n) is 7.18. The van der Waals surface area contributed by atoms with Crippen LogP contribution in [-0.2, 0) is 6.54 Å². The van der Waals surface area contributed by atoms with Crippen LogP contribution in [0.2, 0.25) is 0 Å². The van der Waals surface area contributed by atoms with Gasteiger partial charge in [0.2, 0.25) is 0 Å². The highest BCUT2D eigenvalue weighted by molar-refractivity contribution is 5.62. The highest BCUT2D eigenvalue weighted by Gasteiger charge is 2.11. The van der Waals surface area contributed by atoms with Crippen LogP contribution in [0.3, 0.4) is 0 Å². The number of furan rings is 1. The van der Waals surface area contributed by atoms with Crippen LogP contribution in [0.5, 0.6) is 0 Å². The molecule has 0 fully saturated rings. The van der Waals surface area contributed by atoms with E-state index >= 15 is 0 Å². The first-order valence-corrected chi connectivity index (χ1v) is 7.18. The molecule has 0 amide bonds. The molecule has 0 aliphatic rings. The van der Waals surface area contributed by atoms with Crippen LogP contribution in [0.15, 0.2) is 34.7 Å². The molecular weight excluding hydrogens is 269 g/mol. The number of halogens is 1. The fraction of sp³-hybridized carbons (Fsp3) is 0.412. The van der Waals surface area contributed by atoms with Crippen LogP contribution in [0.25, 0.3) is 11.3 Å². The highest BCUT2D eigenvalue weighted by atomic mass is 19.1. The highest BCUT2D eigenvalue weighted by Crippen LogP contribution is 2.27. The minimum absolute atomic E-state index is 0.223. The molecule has 0 radical (unpaired) electrons. The first-order chi connectivity index (χ1) is 9.97. The standard InChI is InChI=1S/C17H22FNO2/c1-12(20)9-10-19(3)11-14-7-8-17(21-14)15-5-4-6-16(18)13(15)2/h4-8,12,20H,9-11H2,1-3H3. The third kappa shape index (κ3) is 4.16. The molecule has 0 saturated heterocycles. The van der Waals surface area contributed by atoms with Crippen LogP contribution >= 0.6 is 0 Å². The van der Waals surface area contributed by atoms with Crippen molar-refractivity contribution in [2.75, 3.05) is 13.6 Å².